The van der Waals surface area contributed by atoms with Crippen LogP contribution in [0.4, 0.5) is 0 Å². The van der Waals surface area contributed by atoms with E-state index in [1.165, 1.54) is 6.42 Å². The maximum atomic E-state index is 12.1. The van der Waals surface area contributed by atoms with Gasteiger partial charge in [-0.15, -0.1) is 0 Å². The molecule has 7 heteroatoms. The lowest BCUT2D eigenvalue weighted by Gasteiger charge is -2.20. The lowest BCUT2D eigenvalue weighted by Crippen LogP contribution is -2.39. The molecule has 0 saturated carbocycles. The first-order valence-corrected chi connectivity index (χ1v) is 12.4. The molecular weight excluding hydrogens is 402 g/mol. The minimum atomic E-state index is 0.309. The summed E-state index contributed by atoms with van der Waals surface area (Å²) in [6, 6.07) is 8.19. The van der Waals surface area contributed by atoms with Crippen molar-refractivity contribution in [3.05, 3.63) is 29.8 Å². The molecule has 2 N–H and O–H groups in total. The zero-order valence-corrected chi connectivity index (χ0v) is 20.4. The highest BCUT2D eigenvalue weighted by molar-refractivity contribution is 5.79. The van der Waals surface area contributed by atoms with Crippen LogP contribution in [0.1, 0.15) is 58.4 Å². The smallest absolute Gasteiger partial charge is 0.222 e. The molecule has 1 aliphatic rings. The fourth-order valence-corrected chi connectivity index (χ4v) is 3.79. The number of guanidine groups is 1. The van der Waals surface area contributed by atoms with E-state index in [0.717, 1.165) is 82.3 Å². The Labute approximate surface area is 194 Å². The molecule has 1 heterocycles. The summed E-state index contributed by atoms with van der Waals surface area (Å²) >= 11 is 0. The first-order chi connectivity index (χ1) is 15.7. The molecule has 0 spiro atoms. The number of ether oxygens (including phenoxy) is 1. The summed E-state index contributed by atoms with van der Waals surface area (Å²) in [5.41, 5.74) is 1.15. The predicted octanol–water partition coefficient (Wildman–Crippen LogP) is 3.26. The van der Waals surface area contributed by atoms with Gasteiger partial charge in [-0.3, -0.25) is 4.79 Å². The summed E-state index contributed by atoms with van der Waals surface area (Å²) in [7, 11) is 0. The number of nitrogens with one attached hydrogen (secondary N) is 2. The molecule has 0 bridgehead atoms. The van der Waals surface area contributed by atoms with Crippen LogP contribution in [-0.2, 0) is 11.3 Å². The Kier molecular flexibility index (Phi) is 12.6. The van der Waals surface area contributed by atoms with E-state index in [1.54, 1.807) is 0 Å². The molecule has 180 valence electrons. The number of carbonyl (C=O) groups is 1. The quantitative estimate of drug-likeness (QED) is 0.277. The van der Waals surface area contributed by atoms with Crippen LogP contribution >= 0.6 is 0 Å². The normalized spacial score (nSPS) is 15.1. The minimum Gasteiger partial charge on any atom is -0.492 e. The van der Waals surface area contributed by atoms with E-state index in [0.29, 0.717) is 25.5 Å². The summed E-state index contributed by atoms with van der Waals surface area (Å²) in [6.45, 7) is 14.1. The number of hydrogen-bond donors (Lipinski definition) is 2. The Hall–Kier alpha value is -2.28. The second-order valence-corrected chi connectivity index (χ2v) is 8.19. The summed E-state index contributed by atoms with van der Waals surface area (Å²) in [4.78, 5) is 21.2. The Balaban J connectivity index is 1.73. The Morgan fingerprint density at radius 1 is 1.09 bits per heavy atom. The van der Waals surface area contributed by atoms with Gasteiger partial charge in [0.1, 0.15) is 12.4 Å². The third-order valence-electron chi connectivity index (χ3n) is 5.83. The molecule has 1 aromatic rings. The second kappa shape index (κ2) is 15.5. The van der Waals surface area contributed by atoms with Gasteiger partial charge in [-0.1, -0.05) is 32.4 Å². The van der Waals surface area contributed by atoms with Crippen molar-refractivity contribution in [3.63, 3.8) is 0 Å². The van der Waals surface area contributed by atoms with Crippen molar-refractivity contribution in [1.82, 2.24) is 20.4 Å². The van der Waals surface area contributed by atoms with Gasteiger partial charge in [-0.25, -0.2) is 4.99 Å². The SMILES string of the molecule is CCNC(=NCc1ccc(OCCN(CC)CC)cc1)NCCCN1CCCCCC1=O. The van der Waals surface area contributed by atoms with Crippen molar-refractivity contribution in [1.29, 1.82) is 0 Å². The molecule has 0 unspecified atom stereocenters. The number of benzene rings is 1. The molecule has 7 nitrogen and oxygen atoms in total. The topological polar surface area (TPSA) is 69.2 Å². The summed E-state index contributed by atoms with van der Waals surface area (Å²) in [5.74, 6) is 2.02. The van der Waals surface area contributed by atoms with Crippen molar-refractivity contribution >= 4 is 11.9 Å². The number of nitrogens with zero attached hydrogens (tertiary/aromatic N) is 3. The van der Waals surface area contributed by atoms with E-state index in [1.807, 2.05) is 17.0 Å². The first kappa shape index (κ1) is 26.0. The van der Waals surface area contributed by atoms with E-state index in [2.05, 4.69) is 48.4 Å². The number of rotatable bonds is 13. The second-order valence-electron chi connectivity index (χ2n) is 8.19. The molecule has 1 aromatic carbocycles. The zero-order chi connectivity index (χ0) is 23.0. The van der Waals surface area contributed by atoms with Crippen molar-refractivity contribution in [2.24, 2.45) is 4.99 Å². The van der Waals surface area contributed by atoms with Crippen molar-refractivity contribution < 1.29 is 9.53 Å². The van der Waals surface area contributed by atoms with Crippen LogP contribution in [0.5, 0.6) is 5.75 Å². The highest BCUT2D eigenvalue weighted by Gasteiger charge is 2.15. The first-order valence-electron chi connectivity index (χ1n) is 12.4. The molecule has 1 aliphatic heterocycles. The molecule has 0 aromatic heterocycles. The van der Waals surface area contributed by atoms with Crippen LogP contribution < -0.4 is 15.4 Å². The number of aliphatic imine (C=N–C) groups is 1. The van der Waals surface area contributed by atoms with Crippen LogP contribution in [0.15, 0.2) is 29.3 Å². The standard InChI is InChI=1S/C25H43N5O2/c1-4-26-25(27-16-10-18-30-17-9-7-8-11-24(30)31)28-21-22-12-14-23(15-13-22)32-20-19-29(5-2)6-3/h12-15H,4-11,16-21H2,1-3H3,(H2,26,27,28). The van der Waals surface area contributed by atoms with Crippen LogP contribution in [0.3, 0.4) is 0 Å². The predicted molar refractivity (Wildman–Crippen MR) is 132 cm³/mol. The summed E-state index contributed by atoms with van der Waals surface area (Å²) < 4.78 is 5.86. The fraction of sp³-hybridized carbons (Fsp3) is 0.680. The van der Waals surface area contributed by atoms with Gasteiger partial charge in [0, 0.05) is 39.1 Å². The van der Waals surface area contributed by atoms with Crippen LogP contribution in [-0.4, -0.2) is 74.1 Å². The molecular formula is C25H43N5O2. The maximum Gasteiger partial charge on any atom is 0.222 e. The Morgan fingerprint density at radius 3 is 2.59 bits per heavy atom. The number of likely N-dealkylation sites (N-methyl/N-ethyl adjacent to an activating group) is 1. The van der Waals surface area contributed by atoms with Gasteiger partial charge in [0.05, 0.1) is 6.54 Å². The van der Waals surface area contributed by atoms with E-state index in [9.17, 15) is 4.79 Å². The largest absolute Gasteiger partial charge is 0.492 e. The van der Waals surface area contributed by atoms with Gasteiger partial charge in [-0.2, -0.15) is 0 Å². The zero-order valence-electron chi connectivity index (χ0n) is 20.4. The number of carbonyl (C=O) groups excluding carboxylic acids is 1. The van der Waals surface area contributed by atoms with E-state index in [4.69, 9.17) is 9.73 Å². The lowest BCUT2D eigenvalue weighted by atomic mass is 10.2. The van der Waals surface area contributed by atoms with Crippen LogP contribution in [0, 0.1) is 0 Å². The van der Waals surface area contributed by atoms with Gasteiger partial charge in [0.15, 0.2) is 5.96 Å². The lowest BCUT2D eigenvalue weighted by molar-refractivity contribution is -0.130. The van der Waals surface area contributed by atoms with Crippen LogP contribution in [0.25, 0.3) is 0 Å². The molecule has 0 aliphatic carbocycles. The average Bonchev–Trinajstić information content (AvgIpc) is 3.02. The van der Waals surface area contributed by atoms with Gasteiger partial charge in [0.25, 0.3) is 0 Å². The summed E-state index contributed by atoms with van der Waals surface area (Å²) in [6.07, 6.45) is 4.96. The minimum absolute atomic E-state index is 0.309. The Bertz CT molecular complexity index is 673. The van der Waals surface area contributed by atoms with Gasteiger partial charge in [0.2, 0.25) is 5.91 Å². The number of hydrogen-bond acceptors (Lipinski definition) is 4. The van der Waals surface area contributed by atoms with Crippen molar-refractivity contribution in [3.8, 4) is 5.75 Å². The fourth-order valence-electron chi connectivity index (χ4n) is 3.79. The monoisotopic (exact) mass is 445 g/mol. The van der Waals surface area contributed by atoms with E-state index < -0.39 is 0 Å². The van der Waals surface area contributed by atoms with Crippen LogP contribution in [0.2, 0.25) is 0 Å². The molecule has 0 atom stereocenters. The molecule has 1 saturated heterocycles. The molecule has 1 fully saturated rings. The third-order valence-corrected chi connectivity index (χ3v) is 5.83. The molecule has 0 radical (unpaired) electrons. The maximum absolute atomic E-state index is 12.1. The highest BCUT2D eigenvalue weighted by Crippen LogP contribution is 2.13. The number of likely N-dealkylation sites (tertiary alicyclic amines) is 1. The highest BCUT2D eigenvalue weighted by atomic mass is 16.5. The van der Waals surface area contributed by atoms with Crippen molar-refractivity contribution in [2.75, 3.05) is 52.4 Å². The van der Waals surface area contributed by atoms with Gasteiger partial charge < -0.3 is 25.2 Å². The molecule has 2 rings (SSSR count). The third kappa shape index (κ3) is 9.90. The Morgan fingerprint density at radius 2 is 1.88 bits per heavy atom. The van der Waals surface area contributed by atoms with Gasteiger partial charge >= 0.3 is 0 Å². The summed E-state index contributed by atoms with van der Waals surface area (Å²) in [5, 5.41) is 6.69. The van der Waals surface area contributed by atoms with Crippen molar-refractivity contribution in [2.45, 2.75) is 59.4 Å². The molecule has 32 heavy (non-hydrogen) atoms. The average molecular weight is 446 g/mol. The number of amides is 1. The molecule has 1 amide bonds. The van der Waals surface area contributed by atoms with E-state index >= 15 is 0 Å². The van der Waals surface area contributed by atoms with E-state index in [-0.39, 0.29) is 0 Å². The van der Waals surface area contributed by atoms with Gasteiger partial charge in [-0.05, 0) is 57.0 Å².